The SMILES string of the molecule is CCNc1ncc(F)c(N(CC(C)C)CC(C)C)n1. The van der Waals surface area contributed by atoms with Crippen LogP contribution in [-0.2, 0) is 0 Å². The van der Waals surface area contributed by atoms with Gasteiger partial charge in [-0.2, -0.15) is 4.98 Å². The average Bonchev–Trinajstić information content (AvgIpc) is 2.30. The molecule has 0 radical (unpaired) electrons. The van der Waals surface area contributed by atoms with Crippen molar-refractivity contribution in [2.45, 2.75) is 34.6 Å². The first kappa shape index (κ1) is 15.7. The molecule has 0 unspecified atom stereocenters. The molecular formula is C14H25FN4. The van der Waals surface area contributed by atoms with Gasteiger partial charge in [0.2, 0.25) is 5.95 Å². The lowest BCUT2D eigenvalue weighted by Crippen LogP contribution is -2.33. The molecule has 0 bridgehead atoms. The van der Waals surface area contributed by atoms with E-state index < -0.39 is 0 Å². The number of aromatic nitrogens is 2. The van der Waals surface area contributed by atoms with E-state index in [-0.39, 0.29) is 5.82 Å². The van der Waals surface area contributed by atoms with Gasteiger partial charge < -0.3 is 10.2 Å². The highest BCUT2D eigenvalue weighted by atomic mass is 19.1. The number of halogens is 1. The highest BCUT2D eigenvalue weighted by molar-refractivity contribution is 5.44. The molecule has 0 saturated heterocycles. The van der Waals surface area contributed by atoms with Gasteiger partial charge in [0.05, 0.1) is 6.20 Å². The molecule has 0 amide bonds. The van der Waals surface area contributed by atoms with Crippen molar-refractivity contribution in [3.8, 4) is 0 Å². The molecule has 108 valence electrons. The van der Waals surface area contributed by atoms with E-state index in [1.807, 2.05) is 11.8 Å². The average molecular weight is 268 g/mol. The number of rotatable bonds is 7. The number of nitrogens with one attached hydrogen (secondary N) is 1. The Morgan fingerprint density at radius 3 is 2.26 bits per heavy atom. The summed E-state index contributed by atoms with van der Waals surface area (Å²) < 4.78 is 14.0. The second kappa shape index (κ2) is 7.26. The Hall–Kier alpha value is -1.39. The molecule has 0 aliphatic rings. The number of hydrogen-bond donors (Lipinski definition) is 1. The Kier molecular flexibility index (Phi) is 5.99. The summed E-state index contributed by atoms with van der Waals surface area (Å²) in [6, 6.07) is 0. The summed E-state index contributed by atoms with van der Waals surface area (Å²) in [7, 11) is 0. The maximum atomic E-state index is 14.0. The lowest BCUT2D eigenvalue weighted by atomic mass is 10.1. The fourth-order valence-electron chi connectivity index (χ4n) is 1.95. The van der Waals surface area contributed by atoms with E-state index in [9.17, 15) is 4.39 Å². The fourth-order valence-corrected chi connectivity index (χ4v) is 1.95. The molecule has 1 aromatic heterocycles. The zero-order valence-electron chi connectivity index (χ0n) is 12.6. The minimum Gasteiger partial charge on any atom is -0.354 e. The summed E-state index contributed by atoms with van der Waals surface area (Å²) in [6.45, 7) is 12.8. The minimum absolute atomic E-state index is 0.358. The lowest BCUT2D eigenvalue weighted by molar-refractivity contribution is 0.529. The van der Waals surface area contributed by atoms with Crippen LogP contribution >= 0.6 is 0 Å². The van der Waals surface area contributed by atoms with Crippen LogP contribution in [0.1, 0.15) is 34.6 Å². The second-order valence-corrected chi connectivity index (χ2v) is 5.59. The lowest BCUT2D eigenvalue weighted by Gasteiger charge is -2.27. The first-order valence-corrected chi connectivity index (χ1v) is 6.95. The van der Waals surface area contributed by atoms with Crippen molar-refractivity contribution in [3.63, 3.8) is 0 Å². The Balaban J connectivity index is 3.01. The monoisotopic (exact) mass is 268 g/mol. The van der Waals surface area contributed by atoms with Gasteiger partial charge in [-0.05, 0) is 18.8 Å². The third kappa shape index (κ3) is 5.01. The van der Waals surface area contributed by atoms with Crippen LogP contribution in [0.2, 0.25) is 0 Å². The fraction of sp³-hybridized carbons (Fsp3) is 0.714. The minimum atomic E-state index is -0.358. The summed E-state index contributed by atoms with van der Waals surface area (Å²) in [5.41, 5.74) is 0. The van der Waals surface area contributed by atoms with Crippen molar-refractivity contribution >= 4 is 11.8 Å². The summed E-state index contributed by atoms with van der Waals surface area (Å²) in [5, 5.41) is 3.02. The third-order valence-corrected chi connectivity index (χ3v) is 2.53. The Morgan fingerprint density at radius 1 is 1.21 bits per heavy atom. The van der Waals surface area contributed by atoms with Crippen molar-refractivity contribution in [1.82, 2.24) is 9.97 Å². The van der Waals surface area contributed by atoms with Gasteiger partial charge >= 0.3 is 0 Å². The first-order valence-electron chi connectivity index (χ1n) is 6.95. The molecule has 5 heteroatoms. The highest BCUT2D eigenvalue weighted by Crippen LogP contribution is 2.20. The summed E-state index contributed by atoms with van der Waals surface area (Å²) in [6.07, 6.45) is 1.24. The van der Waals surface area contributed by atoms with Gasteiger partial charge in [0.25, 0.3) is 0 Å². The van der Waals surface area contributed by atoms with Crippen LogP contribution in [0.25, 0.3) is 0 Å². The maximum Gasteiger partial charge on any atom is 0.224 e. The summed E-state index contributed by atoms with van der Waals surface area (Å²) in [5.74, 6) is 1.43. The van der Waals surface area contributed by atoms with Gasteiger partial charge in [-0.3, -0.25) is 0 Å². The van der Waals surface area contributed by atoms with E-state index >= 15 is 0 Å². The smallest absolute Gasteiger partial charge is 0.224 e. The standard InChI is InChI=1S/C14H25FN4/c1-6-16-14-17-7-12(15)13(18-14)19(8-10(2)3)9-11(4)5/h7,10-11H,6,8-9H2,1-5H3,(H,16,17,18). The van der Waals surface area contributed by atoms with Crippen LogP contribution in [-0.4, -0.2) is 29.6 Å². The Bertz CT molecular complexity index is 383. The maximum absolute atomic E-state index is 14.0. The molecular weight excluding hydrogens is 243 g/mol. The molecule has 19 heavy (non-hydrogen) atoms. The van der Waals surface area contributed by atoms with Crippen LogP contribution in [0.3, 0.4) is 0 Å². The van der Waals surface area contributed by atoms with Crippen LogP contribution in [0.4, 0.5) is 16.2 Å². The van der Waals surface area contributed by atoms with Gasteiger partial charge in [0, 0.05) is 19.6 Å². The van der Waals surface area contributed by atoms with Crippen LogP contribution < -0.4 is 10.2 Å². The second-order valence-electron chi connectivity index (χ2n) is 5.59. The van der Waals surface area contributed by atoms with E-state index in [1.165, 1.54) is 6.20 Å². The molecule has 1 rings (SSSR count). The van der Waals surface area contributed by atoms with E-state index in [0.717, 1.165) is 19.6 Å². The molecule has 1 aromatic rings. The number of hydrogen-bond acceptors (Lipinski definition) is 4. The molecule has 0 aliphatic carbocycles. The molecule has 1 N–H and O–H groups in total. The van der Waals surface area contributed by atoms with Gasteiger partial charge in [-0.25, -0.2) is 9.37 Å². The van der Waals surface area contributed by atoms with Crippen molar-refractivity contribution in [3.05, 3.63) is 12.0 Å². The van der Waals surface area contributed by atoms with Gasteiger partial charge in [-0.15, -0.1) is 0 Å². The predicted octanol–water partition coefficient (Wildman–Crippen LogP) is 3.17. The van der Waals surface area contributed by atoms with E-state index in [0.29, 0.717) is 23.6 Å². The van der Waals surface area contributed by atoms with Crippen molar-refractivity contribution in [2.75, 3.05) is 29.9 Å². The molecule has 1 heterocycles. The topological polar surface area (TPSA) is 41.1 Å². The zero-order valence-corrected chi connectivity index (χ0v) is 12.6. The van der Waals surface area contributed by atoms with E-state index in [1.54, 1.807) is 0 Å². The first-order chi connectivity index (χ1) is 8.93. The Morgan fingerprint density at radius 2 is 1.79 bits per heavy atom. The van der Waals surface area contributed by atoms with Crippen LogP contribution in [0.5, 0.6) is 0 Å². The van der Waals surface area contributed by atoms with Gasteiger partial charge in [-0.1, -0.05) is 27.7 Å². The zero-order chi connectivity index (χ0) is 14.4. The predicted molar refractivity (Wildman–Crippen MR) is 78.0 cm³/mol. The summed E-state index contributed by atoms with van der Waals surface area (Å²) >= 11 is 0. The highest BCUT2D eigenvalue weighted by Gasteiger charge is 2.17. The molecule has 0 saturated carbocycles. The van der Waals surface area contributed by atoms with Gasteiger partial charge in [0.15, 0.2) is 11.6 Å². The quantitative estimate of drug-likeness (QED) is 0.824. The van der Waals surface area contributed by atoms with Crippen LogP contribution in [0, 0.1) is 17.7 Å². The Labute approximate surface area is 115 Å². The third-order valence-electron chi connectivity index (χ3n) is 2.53. The molecule has 0 atom stereocenters. The molecule has 0 aliphatic heterocycles. The number of nitrogens with zero attached hydrogens (tertiary/aromatic N) is 3. The molecule has 0 fully saturated rings. The van der Waals surface area contributed by atoms with Crippen LogP contribution in [0.15, 0.2) is 6.20 Å². The van der Waals surface area contributed by atoms with Crippen molar-refractivity contribution in [2.24, 2.45) is 11.8 Å². The summed E-state index contributed by atoms with van der Waals surface area (Å²) in [4.78, 5) is 10.2. The molecule has 0 spiro atoms. The van der Waals surface area contributed by atoms with E-state index in [4.69, 9.17) is 0 Å². The normalized spacial score (nSPS) is 11.2. The van der Waals surface area contributed by atoms with E-state index in [2.05, 4.69) is 43.0 Å². The largest absolute Gasteiger partial charge is 0.354 e. The van der Waals surface area contributed by atoms with Crippen molar-refractivity contribution in [1.29, 1.82) is 0 Å². The molecule has 0 aromatic carbocycles. The van der Waals surface area contributed by atoms with Gasteiger partial charge in [0.1, 0.15) is 0 Å². The molecule has 4 nitrogen and oxygen atoms in total. The number of anilines is 2. The van der Waals surface area contributed by atoms with Crippen molar-refractivity contribution < 1.29 is 4.39 Å².